The van der Waals surface area contributed by atoms with E-state index in [9.17, 15) is 0 Å². The molecule has 1 unspecified atom stereocenters. The van der Waals surface area contributed by atoms with E-state index in [1.807, 2.05) is 26.0 Å². The third-order valence-corrected chi connectivity index (χ3v) is 5.21. The van der Waals surface area contributed by atoms with Gasteiger partial charge in [-0.2, -0.15) is 0 Å². The predicted octanol–water partition coefficient (Wildman–Crippen LogP) is 3.92. The van der Waals surface area contributed by atoms with Gasteiger partial charge in [-0.25, -0.2) is 0 Å². The Morgan fingerprint density at radius 3 is 2.68 bits per heavy atom. The van der Waals surface area contributed by atoms with Crippen LogP contribution in [-0.2, 0) is 6.42 Å². The quantitative estimate of drug-likeness (QED) is 0.372. The van der Waals surface area contributed by atoms with Crippen LogP contribution in [0.3, 0.4) is 0 Å². The smallest absolute Gasteiger partial charge is 0.193 e. The van der Waals surface area contributed by atoms with Gasteiger partial charge in [0, 0.05) is 37.7 Å². The summed E-state index contributed by atoms with van der Waals surface area (Å²) in [6.45, 7) is 9.67. The van der Waals surface area contributed by atoms with E-state index in [1.54, 1.807) is 7.11 Å². The molecule has 1 aliphatic rings. The minimum absolute atomic E-state index is 0. The van der Waals surface area contributed by atoms with Crippen LogP contribution in [-0.4, -0.2) is 49.3 Å². The highest BCUT2D eigenvalue weighted by Crippen LogP contribution is 2.28. The van der Waals surface area contributed by atoms with Gasteiger partial charge < -0.3 is 19.5 Å². The van der Waals surface area contributed by atoms with Crippen LogP contribution < -0.4 is 10.1 Å². The molecule has 1 aliphatic heterocycles. The standard InChI is InChI=1S/C21H30N4O2.HI/c1-5-22-21(23-12-10-20-15(2)24-27-16(20)3)25-13-11-18(14-25)17-6-8-19(26-4)9-7-17;/h6-9,18H,5,10-14H2,1-4H3,(H,22,23);1H. The van der Waals surface area contributed by atoms with Crippen LogP contribution in [0, 0.1) is 13.8 Å². The van der Waals surface area contributed by atoms with E-state index in [0.29, 0.717) is 5.92 Å². The van der Waals surface area contributed by atoms with E-state index in [2.05, 4.69) is 34.4 Å². The summed E-state index contributed by atoms with van der Waals surface area (Å²) in [4.78, 5) is 7.22. The average Bonchev–Trinajstić information content (AvgIpc) is 3.29. The molecule has 0 saturated carbocycles. The Morgan fingerprint density at radius 1 is 1.32 bits per heavy atom. The summed E-state index contributed by atoms with van der Waals surface area (Å²) < 4.78 is 10.5. The van der Waals surface area contributed by atoms with E-state index in [4.69, 9.17) is 14.3 Å². The fourth-order valence-corrected chi connectivity index (χ4v) is 3.66. The highest BCUT2D eigenvalue weighted by molar-refractivity contribution is 14.0. The lowest BCUT2D eigenvalue weighted by molar-refractivity contribution is 0.392. The Morgan fingerprint density at radius 2 is 2.07 bits per heavy atom. The summed E-state index contributed by atoms with van der Waals surface area (Å²) in [5.74, 6) is 3.33. The average molecular weight is 498 g/mol. The summed E-state index contributed by atoms with van der Waals surface area (Å²) in [6, 6.07) is 8.44. The zero-order valence-corrected chi connectivity index (χ0v) is 19.5. The van der Waals surface area contributed by atoms with E-state index >= 15 is 0 Å². The summed E-state index contributed by atoms with van der Waals surface area (Å²) in [6.07, 6.45) is 1.99. The molecule has 1 atom stereocenters. The zero-order chi connectivity index (χ0) is 19.2. The van der Waals surface area contributed by atoms with Crippen molar-refractivity contribution in [2.24, 2.45) is 4.99 Å². The van der Waals surface area contributed by atoms with Crippen LogP contribution in [0.2, 0.25) is 0 Å². The molecule has 7 heteroatoms. The molecule has 1 aromatic carbocycles. The predicted molar refractivity (Wildman–Crippen MR) is 123 cm³/mol. The molecule has 2 aromatic rings. The van der Waals surface area contributed by atoms with Gasteiger partial charge in [-0.1, -0.05) is 17.3 Å². The van der Waals surface area contributed by atoms with E-state index in [1.165, 1.54) is 11.1 Å². The summed E-state index contributed by atoms with van der Waals surface area (Å²) in [5, 5.41) is 7.47. The first kappa shape index (κ1) is 22.5. The van der Waals surface area contributed by atoms with E-state index in [0.717, 1.165) is 62.2 Å². The second-order valence-corrected chi connectivity index (χ2v) is 6.99. The first-order valence-electron chi connectivity index (χ1n) is 9.71. The van der Waals surface area contributed by atoms with Crippen LogP contribution in [0.25, 0.3) is 0 Å². The fourth-order valence-electron chi connectivity index (χ4n) is 3.66. The Bertz CT molecular complexity index is 754. The number of rotatable bonds is 6. The maximum absolute atomic E-state index is 5.26. The van der Waals surface area contributed by atoms with Crippen molar-refractivity contribution in [1.29, 1.82) is 0 Å². The molecule has 1 saturated heterocycles. The molecule has 1 fully saturated rings. The first-order valence-corrected chi connectivity index (χ1v) is 9.71. The van der Waals surface area contributed by atoms with Gasteiger partial charge in [0.25, 0.3) is 0 Å². The number of nitrogens with zero attached hydrogens (tertiary/aromatic N) is 3. The van der Waals surface area contributed by atoms with Gasteiger partial charge in [-0.15, -0.1) is 24.0 Å². The molecule has 3 rings (SSSR count). The van der Waals surface area contributed by atoms with Gasteiger partial charge in [0.05, 0.1) is 12.8 Å². The molecular weight excluding hydrogens is 467 g/mol. The Hall–Kier alpha value is -1.77. The molecule has 1 aromatic heterocycles. The van der Waals surface area contributed by atoms with Crippen molar-refractivity contribution in [2.75, 3.05) is 33.3 Å². The number of ether oxygens (including phenoxy) is 1. The minimum Gasteiger partial charge on any atom is -0.497 e. The summed E-state index contributed by atoms with van der Waals surface area (Å²) >= 11 is 0. The molecule has 0 aliphatic carbocycles. The largest absolute Gasteiger partial charge is 0.497 e. The number of hydrogen-bond acceptors (Lipinski definition) is 4. The number of benzene rings is 1. The topological polar surface area (TPSA) is 62.9 Å². The molecule has 0 amide bonds. The van der Waals surface area contributed by atoms with Gasteiger partial charge in [-0.05, 0) is 51.3 Å². The normalized spacial score (nSPS) is 16.8. The minimum atomic E-state index is 0. The summed E-state index contributed by atoms with van der Waals surface area (Å²) in [5.41, 5.74) is 3.51. The number of aliphatic imine (C=N–C) groups is 1. The van der Waals surface area contributed by atoms with Crippen LogP contribution in [0.5, 0.6) is 5.75 Å². The number of likely N-dealkylation sites (tertiary alicyclic amines) is 1. The van der Waals surface area contributed by atoms with Crippen molar-refractivity contribution in [1.82, 2.24) is 15.4 Å². The van der Waals surface area contributed by atoms with Crippen molar-refractivity contribution >= 4 is 29.9 Å². The van der Waals surface area contributed by atoms with E-state index in [-0.39, 0.29) is 24.0 Å². The highest BCUT2D eigenvalue weighted by atomic mass is 127. The molecule has 154 valence electrons. The number of guanidine groups is 1. The van der Waals surface area contributed by atoms with Crippen LogP contribution in [0.1, 0.15) is 41.8 Å². The second-order valence-electron chi connectivity index (χ2n) is 6.99. The van der Waals surface area contributed by atoms with Crippen LogP contribution in [0.15, 0.2) is 33.8 Å². The van der Waals surface area contributed by atoms with Crippen LogP contribution in [0.4, 0.5) is 0 Å². The Balaban J connectivity index is 0.00000280. The van der Waals surface area contributed by atoms with Gasteiger partial charge in [-0.3, -0.25) is 4.99 Å². The highest BCUT2D eigenvalue weighted by Gasteiger charge is 2.26. The molecule has 1 N–H and O–H groups in total. The maximum atomic E-state index is 5.26. The van der Waals surface area contributed by atoms with Crippen molar-refractivity contribution in [3.63, 3.8) is 0 Å². The van der Waals surface area contributed by atoms with Crippen molar-refractivity contribution in [3.05, 3.63) is 46.8 Å². The number of aromatic nitrogens is 1. The van der Waals surface area contributed by atoms with E-state index < -0.39 is 0 Å². The molecule has 28 heavy (non-hydrogen) atoms. The van der Waals surface area contributed by atoms with Crippen molar-refractivity contribution < 1.29 is 9.26 Å². The van der Waals surface area contributed by atoms with Crippen molar-refractivity contribution in [3.8, 4) is 5.75 Å². The maximum Gasteiger partial charge on any atom is 0.193 e. The monoisotopic (exact) mass is 498 g/mol. The van der Waals surface area contributed by atoms with Crippen molar-refractivity contribution in [2.45, 2.75) is 39.5 Å². The number of halogens is 1. The molecular formula is C21H31IN4O2. The Labute approximate surface area is 184 Å². The molecule has 0 spiro atoms. The second kappa shape index (κ2) is 10.7. The van der Waals surface area contributed by atoms with Gasteiger partial charge in [0.2, 0.25) is 0 Å². The zero-order valence-electron chi connectivity index (χ0n) is 17.2. The van der Waals surface area contributed by atoms with Gasteiger partial charge >= 0.3 is 0 Å². The SMILES string of the molecule is CCNC(=NCCc1c(C)noc1C)N1CCC(c2ccc(OC)cc2)C1.I. The van der Waals surface area contributed by atoms with Gasteiger partial charge in [0.15, 0.2) is 5.96 Å². The fraction of sp³-hybridized carbons (Fsp3) is 0.524. The third-order valence-electron chi connectivity index (χ3n) is 5.21. The Kier molecular flexibility index (Phi) is 8.59. The lowest BCUT2D eigenvalue weighted by atomic mass is 9.98. The lowest BCUT2D eigenvalue weighted by Crippen LogP contribution is -2.40. The third kappa shape index (κ3) is 5.40. The number of methoxy groups -OCH3 is 1. The number of hydrogen-bond donors (Lipinski definition) is 1. The van der Waals surface area contributed by atoms with Crippen LogP contribution >= 0.6 is 24.0 Å². The number of nitrogens with one attached hydrogen (secondary N) is 1. The molecule has 2 heterocycles. The summed E-state index contributed by atoms with van der Waals surface area (Å²) in [7, 11) is 1.70. The number of aryl methyl sites for hydroxylation is 2. The lowest BCUT2D eigenvalue weighted by Gasteiger charge is -2.22. The first-order chi connectivity index (χ1) is 13.1. The van der Waals surface area contributed by atoms with Gasteiger partial charge in [0.1, 0.15) is 11.5 Å². The molecule has 6 nitrogen and oxygen atoms in total. The molecule has 0 radical (unpaired) electrons. The molecule has 0 bridgehead atoms.